The van der Waals surface area contributed by atoms with Crippen molar-refractivity contribution in [1.82, 2.24) is 5.32 Å². The molecule has 2 aromatic carbocycles. The minimum atomic E-state index is 0. The standard InChI is InChI=1S/C17H17NO.CH4/c1-12-5-4-7-14(11-12)17(19)18-16-10-9-13-6-2-3-8-15(13)16;/h2-8,11,16H,9-10H2,1H3,(H,18,19);1H4. The zero-order chi connectivity index (χ0) is 13.2. The predicted octanol–water partition coefficient (Wildman–Crippen LogP) is 4.05. The normalized spacial score (nSPS) is 16.1. The molecule has 104 valence electrons. The molecule has 0 aromatic heterocycles. The van der Waals surface area contributed by atoms with Crippen LogP contribution in [-0.2, 0) is 6.42 Å². The van der Waals surface area contributed by atoms with Crippen molar-refractivity contribution in [1.29, 1.82) is 0 Å². The Labute approximate surface area is 120 Å². The van der Waals surface area contributed by atoms with Gasteiger partial charge in [0.15, 0.2) is 0 Å². The summed E-state index contributed by atoms with van der Waals surface area (Å²) in [4.78, 5) is 12.3. The average Bonchev–Trinajstić information content (AvgIpc) is 2.82. The number of nitrogens with one attached hydrogen (secondary N) is 1. The first-order valence-corrected chi connectivity index (χ1v) is 6.69. The molecule has 0 saturated heterocycles. The maximum Gasteiger partial charge on any atom is 0.251 e. The Kier molecular flexibility index (Phi) is 4.23. The molecule has 0 aliphatic heterocycles. The Morgan fingerprint density at radius 2 is 1.95 bits per heavy atom. The monoisotopic (exact) mass is 267 g/mol. The van der Waals surface area contributed by atoms with Gasteiger partial charge in [0, 0.05) is 5.56 Å². The highest BCUT2D eigenvalue weighted by atomic mass is 16.1. The topological polar surface area (TPSA) is 29.1 Å². The van der Waals surface area contributed by atoms with Gasteiger partial charge in [-0.15, -0.1) is 0 Å². The molecule has 0 radical (unpaired) electrons. The van der Waals surface area contributed by atoms with E-state index in [1.807, 2.05) is 37.3 Å². The molecule has 2 nitrogen and oxygen atoms in total. The summed E-state index contributed by atoms with van der Waals surface area (Å²) in [7, 11) is 0. The second kappa shape index (κ2) is 5.91. The Morgan fingerprint density at radius 3 is 2.75 bits per heavy atom. The molecule has 0 bridgehead atoms. The van der Waals surface area contributed by atoms with Crippen molar-refractivity contribution in [2.45, 2.75) is 33.2 Å². The highest BCUT2D eigenvalue weighted by molar-refractivity contribution is 5.94. The molecule has 20 heavy (non-hydrogen) atoms. The van der Waals surface area contributed by atoms with Crippen LogP contribution in [0.3, 0.4) is 0 Å². The Balaban J connectivity index is 0.00000147. The lowest BCUT2D eigenvalue weighted by Crippen LogP contribution is -2.27. The Bertz CT molecular complexity index is 618. The van der Waals surface area contributed by atoms with Gasteiger partial charge in [0.25, 0.3) is 5.91 Å². The molecule has 2 aromatic rings. The van der Waals surface area contributed by atoms with Crippen molar-refractivity contribution in [2.75, 3.05) is 0 Å². The van der Waals surface area contributed by atoms with E-state index in [0.717, 1.165) is 24.0 Å². The molecular formula is C18H21NO. The van der Waals surface area contributed by atoms with Crippen LogP contribution in [0.4, 0.5) is 0 Å². The summed E-state index contributed by atoms with van der Waals surface area (Å²) in [5.41, 5.74) is 4.48. The molecule has 2 heteroatoms. The van der Waals surface area contributed by atoms with Crippen LogP contribution in [0.2, 0.25) is 0 Å². The fraction of sp³-hybridized carbons (Fsp3) is 0.278. The number of carbonyl (C=O) groups excluding carboxylic acids is 1. The molecule has 0 spiro atoms. The molecule has 3 rings (SSSR count). The van der Waals surface area contributed by atoms with Gasteiger partial charge in [0.05, 0.1) is 6.04 Å². The molecule has 1 amide bonds. The number of hydrogen-bond donors (Lipinski definition) is 1. The van der Waals surface area contributed by atoms with Gasteiger partial charge in [-0.05, 0) is 43.0 Å². The van der Waals surface area contributed by atoms with Crippen molar-refractivity contribution in [3.8, 4) is 0 Å². The first-order chi connectivity index (χ1) is 9.24. The molecular weight excluding hydrogens is 246 g/mol. The Morgan fingerprint density at radius 1 is 1.15 bits per heavy atom. The van der Waals surface area contributed by atoms with E-state index < -0.39 is 0 Å². The maximum absolute atomic E-state index is 12.3. The molecule has 1 aliphatic rings. The first-order valence-electron chi connectivity index (χ1n) is 6.69. The lowest BCUT2D eigenvalue weighted by Gasteiger charge is -2.14. The van der Waals surface area contributed by atoms with Crippen LogP contribution in [0.25, 0.3) is 0 Å². The second-order valence-corrected chi connectivity index (χ2v) is 5.13. The van der Waals surface area contributed by atoms with Gasteiger partial charge in [0.2, 0.25) is 0 Å². The maximum atomic E-state index is 12.3. The molecule has 1 N–H and O–H groups in total. The minimum Gasteiger partial charge on any atom is -0.345 e. The van der Waals surface area contributed by atoms with E-state index in [1.54, 1.807) is 0 Å². The number of rotatable bonds is 2. The van der Waals surface area contributed by atoms with Crippen LogP contribution in [0.15, 0.2) is 48.5 Å². The van der Waals surface area contributed by atoms with E-state index in [1.165, 1.54) is 11.1 Å². The van der Waals surface area contributed by atoms with E-state index in [0.29, 0.717) is 0 Å². The SMILES string of the molecule is C.Cc1cccc(C(=O)NC2CCc3ccccc32)c1. The number of aryl methyl sites for hydroxylation is 2. The fourth-order valence-corrected chi connectivity index (χ4v) is 2.73. The highest BCUT2D eigenvalue weighted by Crippen LogP contribution is 2.30. The smallest absolute Gasteiger partial charge is 0.251 e. The van der Waals surface area contributed by atoms with Crippen molar-refractivity contribution >= 4 is 5.91 Å². The van der Waals surface area contributed by atoms with E-state index >= 15 is 0 Å². The van der Waals surface area contributed by atoms with E-state index in [2.05, 4.69) is 23.5 Å². The summed E-state index contributed by atoms with van der Waals surface area (Å²) in [5.74, 6) is 0.0189. The van der Waals surface area contributed by atoms with Gasteiger partial charge in [-0.1, -0.05) is 49.4 Å². The van der Waals surface area contributed by atoms with Crippen molar-refractivity contribution in [2.24, 2.45) is 0 Å². The summed E-state index contributed by atoms with van der Waals surface area (Å²) in [6.07, 6.45) is 2.05. The van der Waals surface area contributed by atoms with Crippen LogP contribution in [0, 0.1) is 6.92 Å². The van der Waals surface area contributed by atoms with Crippen LogP contribution < -0.4 is 5.32 Å². The predicted molar refractivity (Wildman–Crippen MR) is 82.9 cm³/mol. The molecule has 1 atom stereocenters. The summed E-state index contributed by atoms with van der Waals surface area (Å²) in [6.45, 7) is 2.00. The number of carbonyl (C=O) groups is 1. The highest BCUT2D eigenvalue weighted by Gasteiger charge is 2.23. The van der Waals surface area contributed by atoms with E-state index in [9.17, 15) is 4.79 Å². The van der Waals surface area contributed by atoms with Gasteiger partial charge in [-0.2, -0.15) is 0 Å². The van der Waals surface area contributed by atoms with E-state index in [4.69, 9.17) is 0 Å². The van der Waals surface area contributed by atoms with Gasteiger partial charge in [0.1, 0.15) is 0 Å². The first kappa shape index (κ1) is 14.3. The van der Waals surface area contributed by atoms with Crippen LogP contribution >= 0.6 is 0 Å². The van der Waals surface area contributed by atoms with Crippen molar-refractivity contribution in [3.05, 3.63) is 70.8 Å². The van der Waals surface area contributed by atoms with Gasteiger partial charge in [-0.25, -0.2) is 0 Å². The number of fused-ring (bicyclic) bond motifs is 1. The zero-order valence-corrected chi connectivity index (χ0v) is 11.0. The van der Waals surface area contributed by atoms with Gasteiger partial charge >= 0.3 is 0 Å². The van der Waals surface area contributed by atoms with Crippen LogP contribution in [0.5, 0.6) is 0 Å². The third-order valence-electron chi connectivity index (χ3n) is 3.72. The summed E-state index contributed by atoms with van der Waals surface area (Å²) in [5, 5.41) is 3.14. The minimum absolute atomic E-state index is 0. The van der Waals surface area contributed by atoms with E-state index in [-0.39, 0.29) is 19.4 Å². The third kappa shape index (κ3) is 2.74. The van der Waals surface area contributed by atoms with Crippen LogP contribution in [0.1, 0.15) is 46.9 Å². The second-order valence-electron chi connectivity index (χ2n) is 5.13. The van der Waals surface area contributed by atoms with Gasteiger partial charge < -0.3 is 5.32 Å². The number of amides is 1. The van der Waals surface area contributed by atoms with Crippen LogP contribution in [-0.4, -0.2) is 5.91 Å². The third-order valence-corrected chi connectivity index (χ3v) is 3.72. The molecule has 0 fully saturated rings. The molecule has 0 saturated carbocycles. The van der Waals surface area contributed by atoms with Crippen molar-refractivity contribution in [3.63, 3.8) is 0 Å². The summed E-state index contributed by atoms with van der Waals surface area (Å²) >= 11 is 0. The Hall–Kier alpha value is -2.09. The quantitative estimate of drug-likeness (QED) is 0.874. The van der Waals surface area contributed by atoms with Crippen molar-refractivity contribution < 1.29 is 4.79 Å². The fourth-order valence-electron chi connectivity index (χ4n) is 2.73. The summed E-state index contributed by atoms with van der Waals surface area (Å²) in [6, 6.07) is 16.2. The largest absolute Gasteiger partial charge is 0.345 e. The lowest BCUT2D eigenvalue weighted by atomic mass is 10.1. The number of hydrogen-bond acceptors (Lipinski definition) is 1. The average molecular weight is 267 g/mol. The molecule has 1 aliphatic carbocycles. The lowest BCUT2D eigenvalue weighted by molar-refractivity contribution is 0.0936. The van der Waals surface area contributed by atoms with Gasteiger partial charge in [-0.3, -0.25) is 4.79 Å². The molecule has 1 unspecified atom stereocenters. The molecule has 0 heterocycles. The number of benzene rings is 2. The summed E-state index contributed by atoms with van der Waals surface area (Å²) < 4.78 is 0. The zero-order valence-electron chi connectivity index (χ0n) is 11.0.